The smallest absolute Gasteiger partial charge is 0.335 e. The molecule has 0 radical (unpaired) electrons. The number of carbonyl (C=O) groups is 2. The quantitative estimate of drug-likeness (QED) is 0.908. The van der Waals surface area contributed by atoms with Crippen LogP contribution in [0.4, 0.5) is 4.39 Å². The second-order valence-corrected chi connectivity index (χ2v) is 4.65. The average molecular weight is 287 g/mol. The van der Waals surface area contributed by atoms with Crippen LogP contribution < -0.4 is 5.32 Å². The number of carboxylic acids is 1. The van der Waals surface area contributed by atoms with Crippen molar-refractivity contribution in [1.82, 2.24) is 5.32 Å². The van der Waals surface area contributed by atoms with Gasteiger partial charge < -0.3 is 10.4 Å². The van der Waals surface area contributed by atoms with Gasteiger partial charge in [-0.25, -0.2) is 9.18 Å². The van der Waals surface area contributed by atoms with Crippen LogP contribution in [-0.4, -0.2) is 17.0 Å². The number of rotatable bonds is 4. The summed E-state index contributed by atoms with van der Waals surface area (Å²) < 4.78 is 13.1. The van der Waals surface area contributed by atoms with Gasteiger partial charge in [0, 0.05) is 12.1 Å². The topological polar surface area (TPSA) is 66.4 Å². The Bertz CT molecular complexity index is 680. The first kappa shape index (κ1) is 14.7. The fourth-order valence-corrected chi connectivity index (χ4v) is 1.84. The Morgan fingerprint density at radius 2 is 1.71 bits per heavy atom. The minimum Gasteiger partial charge on any atom is -0.478 e. The number of amides is 1. The molecule has 0 saturated carbocycles. The second-order valence-electron chi connectivity index (χ2n) is 4.65. The molecule has 0 saturated heterocycles. The van der Waals surface area contributed by atoms with Crippen molar-refractivity contribution < 1.29 is 19.1 Å². The lowest BCUT2D eigenvalue weighted by Gasteiger charge is -2.07. The summed E-state index contributed by atoms with van der Waals surface area (Å²) in [7, 11) is 0. The van der Waals surface area contributed by atoms with E-state index in [1.807, 2.05) is 0 Å². The SMILES string of the molecule is Cc1cc(C(=O)NCc2ccc(C(=O)O)cc2)ccc1F. The molecule has 1 amide bonds. The Labute approximate surface area is 121 Å². The van der Waals surface area contributed by atoms with E-state index in [1.165, 1.54) is 30.3 Å². The molecule has 2 rings (SSSR count). The number of aromatic carboxylic acids is 1. The maximum atomic E-state index is 13.1. The second kappa shape index (κ2) is 6.17. The van der Waals surface area contributed by atoms with Crippen LogP contribution >= 0.6 is 0 Å². The first-order valence-electron chi connectivity index (χ1n) is 6.34. The summed E-state index contributed by atoms with van der Waals surface area (Å²) >= 11 is 0. The number of hydrogen-bond acceptors (Lipinski definition) is 2. The first-order valence-corrected chi connectivity index (χ1v) is 6.34. The zero-order valence-corrected chi connectivity index (χ0v) is 11.4. The summed E-state index contributed by atoms with van der Waals surface area (Å²) in [6, 6.07) is 10.4. The van der Waals surface area contributed by atoms with E-state index in [4.69, 9.17) is 5.11 Å². The number of halogens is 1. The van der Waals surface area contributed by atoms with E-state index in [1.54, 1.807) is 19.1 Å². The van der Waals surface area contributed by atoms with Crippen LogP contribution in [0.5, 0.6) is 0 Å². The van der Waals surface area contributed by atoms with Crippen molar-refractivity contribution >= 4 is 11.9 Å². The van der Waals surface area contributed by atoms with Crippen molar-refractivity contribution in [3.63, 3.8) is 0 Å². The third-order valence-electron chi connectivity index (χ3n) is 3.07. The lowest BCUT2D eigenvalue weighted by Crippen LogP contribution is -2.22. The van der Waals surface area contributed by atoms with E-state index in [0.29, 0.717) is 11.1 Å². The van der Waals surface area contributed by atoms with Gasteiger partial charge in [0.1, 0.15) is 5.82 Å². The molecule has 2 aromatic rings. The van der Waals surface area contributed by atoms with Crippen LogP contribution in [0, 0.1) is 12.7 Å². The van der Waals surface area contributed by atoms with E-state index < -0.39 is 5.97 Å². The van der Waals surface area contributed by atoms with E-state index >= 15 is 0 Å². The monoisotopic (exact) mass is 287 g/mol. The van der Waals surface area contributed by atoms with E-state index in [2.05, 4.69) is 5.32 Å². The van der Waals surface area contributed by atoms with Crippen LogP contribution in [0.2, 0.25) is 0 Å². The predicted octanol–water partition coefficient (Wildman–Crippen LogP) is 2.76. The molecule has 0 fully saturated rings. The standard InChI is InChI=1S/C16H14FNO3/c1-10-8-13(6-7-14(10)17)15(19)18-9-11-2-4-12(5-3-11)16(20)21/h2-8H,9H2,1H3,(H,18,19)(H,20,21). The maximum Gasteiger partial charge on any atom is 0.335 e. The van der Waals surface area contributed by atoms with Gasteiger partial charge in [-0.2, -0.15) is 0 Å². The van der Waals surface area contributed by atoms with Crippen LogP contribution in [0.25, 0.3) is 0 Å². The predicted molar refractivity (Wildman–Crippen MR) is 75.7 cm³/mol. The third-order valence-corrected chi connectivity index (χ3v) is 3.07. The van der Waals surface area contributed by atoms with Gasteiger partial charge in [0.05, 0.1) is 5.56 Å². The van der Waals surface area contributed by atoms with Crippen LogP contribution in [0.15, 0.2) is 42.5 Å². The van der Waals surface area contributed by atoms with Gasteiger partial charge in [-0.15, -0.1) is 0 Å². The van der Waals surface area contributed by atoms with Crippen molar-refractivity contribution in [2.45, 2.75) is 13.5 Å². The van der Waals surface area contributed by atoms with Crippen LogP contribution in [0.3, 0.4) is 0 Å². The summed E-state index contributed by atoms with van der Waals surface area (Å²) in [6.45, 7) is 1.87. The van der Waals surface area contributed by atoms with Gasteiger partial charge in [0.25, 0.3) is 5.91 Å². The van der Waals surface area contributed by atoms with Crippen molar-refractivity contribution in [3.05, 3.63) is 70.5 Å². The van der Waals surface area contributed by atoms with E-state index in [-0.39, 0.29) is 23.8 Å². The molecule has 5 heteroatoms. The molecule has 2 aromatic carbocycles. The molecule has 0 aromatic heterocycles. The number of aryl methyl sites for hydroxylation is 1. The lowest BCUT2D eigenvalue weighted by molar-refractivity contribution is 0.0696. The fourth-order valence-electron chi connectivity index (χ4n) is 1.84. The molecule has 0 heterocycles. The molecular weight excluding hydrogens is 273 g/mol. The summed E-state index contributed by atoms with van der Waals surface area (Å²) in [5.41, 5.74) is 1.77. The number of nitrogens with one attached hydrogen (secondary N) is 1. The van der Waals surface area contributed by atoms with Gasteiger partial charge in [-0.3, -0.25) is 4.79 Å². The molecule has 0 unspecified atom stereocenters. The zero-order valence-electron chi connectivity index (χ0n) is 11.4. The highest BCUT2D eigenvalue weighted by molar-refractivity contribution is 5.94. The zero-order chi connectivity index (χ0) is 15.4. The Morgan fingerprint density at radius 3 is 2.29 bits per heavy atom. The number of carboxylic acid groups (broad SMARTS) is 1. The van der Waals surface area contributed by atoms with E-state index in [9.17, 15) is 14.0 Å². The van der Waals surface area contributed by atoms with Crippen molar-refractivity contribution in [1.29, 1.82) is 0 Å². The Morgan fingerprint density at radius 1 is 1.10 bits per heavy atom. The summed E-state index contributed by atoms with van der Waals surface area (Å²) in [5.74, 6) is -1.65. The third kappa shape index (κ3) is 3.66. The summed E-state index contributed by atoms with van der Waals surface area (Å²) in [6.07, 6.45) is 0. The molecule has 0 aliphatic heterocycles. The van der Waals surface area contributed by atoms with Gasteiger partial charge in [0.2, 0.25) is 0 Å². The number of carbonyl (C=O) groups excluding carboxylic acids is 1. The Kier molecular flexibility index (Phi) is 4.33. The largest absolute Gasteiger partial charge is 0.478 e. The van der Waals surface area contributed by atoms with Crippen molar-refractivity contribution in [3.8, 4) is 0 Å². The molecule has 0 aliphatic carbocycles. The van der Waals surface area contributed by atoms with Crippen LogP contribution in [-0.2, 0) is 6.54 Å². The normalized spacial score (nSPS) is 10.2. The van der Waals surface area contributed by atoms with E-state index in [0.717, 1.165) is 5.56 Å². The molecular formula is C16H14FNO3. The highest BCUT2D eigenvalue weighted by Gasteiger charge is 2.08. The fraction of sp³-hybridized carbons (Fsp3) is 0.125. The Hall–Kier alpha value is -2.69. The van der Waals surface area contributed by atoms with Crippen LogP contribution in [0.1, 0.15) is 31.8 Å². The van der Waals surface area contributed by atoms with Gasteiger partial charge in [0.15, 0.2) is 0 Å². The van der Waals surface area contributed by atoms with Gasteiger partial charge >= 0.3 is 5.97 Å². The van der Waals surface area contributed by atoms with Gasteiger partial charge in [-0.05, 0) is 48.4 Å². The molecule has 0 spiro atoms. The molecule has 2 N–H and O–H groups in total. The number of hydrogen-bond donors (Lipinski definition) is 2. The van der Waals surface area contributed by atoms with Crippen molar-refractivity contribution in [2.75, 3.05) is 0 Å². The van der Waals surface area contributed by atoms with Gasteiger partial charge in [-0.1, -0.05) is 12.1 Å². The highest BCUT2D eigenvalue weighted by Crippen LogP contribution is 2.10. The summed E-state index contributed by atoms with van der Waals surface area (Å²) in [5, 5.41) is 11.5. The molecule has 0 atom stereocenters. The molecule has 108 valence electrons. The van der Waals surface area contributed by atoms with Crippen molar-refractivity contribution in [2.24, 2.45) is 0 Å². The highest BCUT2D eigenvalue weighted by atomic mass is 19.1. The average Bonchev–Trinajstić information content (AvgIpc) is 2.48. The molecule has 4 nitrogen and oxygen atoms in total. The minimum atomic E-state index is -0.993. The summed E-state index contributed by atoms with van der Waals surface area (Å²) in [4.78, 5) is 22.7. The maximum absolute atomic E-state index is 13.1. The molecule has 0 bridgehead atoms. The number of benzene rings is 2. The lowest BCUT2D eigenvalue weighted by atomic mass is 10.1. The minimum absolute atomic E-state index is 0.194. The Balaban J connectivity index is 2.00. The molecule has 21 heavy (non-hydrogen) atoms. The first-order chi connectivity index (χ1) is 9.97. The molecule has 0 aliphatic rings.